The zero-order chi connectivity index (χ0) is 11.8. The van der Waals surface area contributed by atoms with Crippen molar-refractivity contribution in [3.8, 4) is 0 Å². The maximum atomic E-state index is 6.00. The fraction of sp³-hybridized carbons (Fsp3) is 0.917. The van der Waals surface area contributed by atoms with E-state index in [9.17, 15) is 0 Å². The Kier molecular flexibility index (Phi) is 3.10. The van der Waals surface area contributed by atoms with Gasteiger partial charge in [-0.2, -0.15) is 0 Å². The van der Waals surface area contributed by atoms with E-state index in [4.69, 9.17) is 5.73 Å². The third-order valence-corrected chi connectivity index (χ3v) is 3.41. The van der Waals surface area contributed by atoms with E-state index in [1.807, 2.05) is 0 Å². The van der Waals surface area contributed by atoms with Crippen LogP contribution >= 0.6 is 0 Å². The van der Waals surface area contributed by atoms with Crippen LogP contribution in [0.1, 0.15) is 33.6 Å². The van der Waals surface area contributed by atoms with Crippen LogP contribution in [0.15, 0.2) is 4.99 Å². The van der Waals surface area contributed by atoms with E-state index < -0.39 is 0 Å². The normalized spacial score (nSPS) is 24.9. The van der Waals surface area contributed by atoms with E-state index >= 15 is 0 Å². The number of nitrogens with zero attached hydrogens (tertiary/aromatic N) is 3. The van der Waals surface area contributed by atoms with E-state index in [2.05, 4.69) is 35.6 Å². The number of hydrogen-bond donors (Lipinski definition) is 1. The van der Waals surface area contributed by atoms with Gasteiger partial charge in [0.15, 0.2) is 5.96 Å². The van der Waals surface area contributed by atoms with Crippen molar-refractivity contribution in [3.63, 3.8) is 0 Å². The lowest BCUT2D eigenvalue weighted by molar-refractivity contribution is 0.0878. The number of aliphatic imine (C=N–C) groups is 1. The molecule has 0 amide bonds. The third-order valence-electron chi connectivity index (χ3n) is 3.41. The second-order valence-electron chi connectivity index (χ2n) is 5.86. The Bertz CT molecular complexity index is 267. The first-order valence-electron chi connectivity index (χ1n) is 6.30. The van der Waals surface area contributed by atoms with Crippen molar-refractivity contribution >= 4 is 5.96 Å². The third kappa shape index (κ3) is 2.88. The maximum absolute atomic E-state index is 6.00. The molecule has 16 heavy (non-hydrogen) atoms. The molecule has 2 fully saturated rings. The number of hydrogen-bond acceptors (Lipinski definition) is 2. The highest BCUT2D eigenvalue weighted by Gasteiger charge is 2.27. The topological polar surface area (TPSA) is 44.9 Å². The first-order chi connectivity index (χ1) is 7.47. The number of guanidine groups is 1. The van der Waals surface area contributed by atoms with Gasteiger partial charge in [0.25, 0.3) is 0 Å². The summed E-state index contributed by atoms with van der Waals surface area (Å²) in [7, 11) is 0. The second kappa shape index (κ2) is 4.24. The summed E-state index contributed by atoms with van der Waals surface area (Å²) in [5.74, 6) is 0.760. The van der Waals surface area contributed by atoms with Crippen molar-refractivity contribution < 1.29 is 0 Å². The van der Waals surface area contributed by atoms with Gasteiger partial charge < -0.3 is 10.6 Å². The molecule has 0 radical (unpaired) electrons. The van der Waals surface area contributed by atoms with Crippen molar-refractivity contribution in [1.29, 1.82) is 0 Å². The Morgan fingerprint density at radius 2 is 1.69 bits per heavy atom. The van der Waals surface area contributed by atoms with Crippen molar-refractivity contribution in [2.75, 3.05) is 26.2 Å². The van der Waals surface area contributed by atoms with Crippen molar-refractivity contribution in [2.45, 2.75) is 45.2 Å². The monoisotopic (exact) mass is 224 g/mol. The average Bonchev–Trinajstić information content (AvgIpc) is 3.00. The van der Waals surface area contributed by atoms with Gasteiger partial charge in [-0.3, -0.25) is 4.90 Å². The first kappa shape index (κ1) is 11.7. The largest absolute Gasteiger partial charge is 0.370 e. The molecule has 0 bridgehead atoms. The Labute approximate surface area is 98.5 Å². The Morgan fingerprint density at radius 3 is 2.12 bits per heavy atom. The molecule has 4 heteroatoms. The molecule has 4 nitrogen and oxygen atoms in total. The lowest BCUT2D eigenvalue weighted by Gasteiger charge is -2.42. The average molecular weight is 224 g/mol. The molecule has 1 aliphatic heterocycles. The molecule has 0 unspecified atom stereocenters. The number of nitrogens with two attached hydrogens (primary N) is 1. The van der Waals surface area contributed by atoms with Gasteiger partial charge in [-0.15, -0.1) is 0 Å². The summed E-state index contributed by atoms with van der Waals surface area (Å²) in [5, 5.41) is 0. The van der Waals surface area contributed by atoms with Gasteiger partial charge in [0.2, 0.25) is 0 Å². The zero-order valence-corrected chi connectivity index (χ0v) is 10.7. The van der Waals surface area contributed by atoms with Crippen LogP contribution in [0.5, 0.6) is 0 Å². The molecule has 1 heterocycles. The predicted octanol–water partition coefficient (Wildman–Crippen LogP) is 0.880. The molecule has 0 spiro atoms. The molecular formula is C12H24N4. The SMILES string of the molecule is CC(C)(C)N1CCN(C(N)=NC2CC2)CC1. The summed E-state index contributed by atoms with van der Waals surface area (Å²) in [4.78, 5) is 9.23. The van der Waals surface area contributed by atoms with Crippen LogP contribution in [0, 0.1) is 0 Å². The lowest BCUT2D eigenvalue weighted by atomic mass is 10.1. The van der Waals surface area contributed by atoms with Crippen LogP contribution in [0.25, 0.3) is 0 Å². The molecule has 1 saturated heterocycles. The summed E-state index contributed by atoms with van der Waals surface area (Å²) in [6.45, 7) is 11.0. The molecule has 1 saturated carbocycles. The fourth-order valence-electron chi connectivity index (χ4n) is 2.08. The maximum Gasteiger partial charge on any atom is 0.191 e. The smallest absolute Gasteiger partial charge is 0.191 e. The van der Waals surface area contributed by atoms with Crippen molar-refractivity contribution in [2.24, 2.45) is 10.7 Å². The summed E-state index contributed by atoms with van der Waals surface area (Å²) >= 11 is 0. The number of rotatable bonds is 1. The number of piperazine rings is 1. The standard InChI is InChI=1S/C12H24N4/c1-12(2,3)16-8-6-15(7-9-16)11(13)14-10-4-5-10/h10H,4-9H2,1-3H3,(H2,13,14). The van der Waals surface area contributed by atoms with E-state index in [1.54, 1.807) is 0 Å². The Morgan fingerprint density at radius 1 is 1.12 bits per heavy atom. The fourth-order valence-corrected chi connectivity index (χ4v) is 2.08. The highest BCUT2D eigenvalue weighted by atomic mass is 15.3. The van der Waals surface area contributed by atoms with Gasteiger partial charge >= 0.3 is 0 Å². The van der Waals surface area contributed by atoms with E-state index in [-0.39, 0.29) is 5.54 Å². The highest BCUT2D eigenvalue weighted by Crippen LogP contribution is 2.23. The molecule has 1 aliphatic carbocycles. The predicted molar refractivity (Wildman–Crippen MR) is 67.5 cm³/mol. The van der Waals surface area contributed by atoms with E-state index in [0.717, 1.165) is 32.1 Å². The minimum absolute atomic E-state index is 0.272. The highest BCUT2D eigenvalue weighted by molar-refractivity contribution is 5.78. The molecule has 92 valence electrons. The van der Waals surface area contributed by atoms with Gasteiger partial charge in [-0.1, -0.05) is 0 Å². The molecular weight excluding hydrogens is 200 g/mol. The van der Waals surface area contributed by atoms with Gasteiger partial charge in [-0.25, -0.2) is 4.99 Å². The van der Waals surface area contributed by atoms with E-state index in [1.165, 1.54) is 12.8 Å². The van der Waals surface area contributed by atoms with E-state index in [0.29, 0.717) is 6.04 Å². The van der Waals surface area contributed by atoms with Gasteiger partial charge in [0, 0.05) is 31.7 Å². The zero-order valence-electron chi connectivity index (χ0n) is 10.7. The summed E-state index contributed by atoms with van der Waals surface area (Å²) in [5.41, 5.74) is 6.27. The Hall–Kier alpha value is -0.770. The quantitative estimate of drug-likeness (QED) is 0.531. The van der Waals surface area contributed by atoms with Crippen LogP contribution in [0.2, 0.25) is 0 Å². The minimum atomic E-state index is 0.272. The second-order valence-corrected chi connectivity index (χ2v) is 5.86. The molecule has 2 aliphatic rings. The van der Waals surface area contributed by atoms with Crippen LogP contribution in [-0.4, -0.2) is 53.5 Å². The molecule has 0 aromatic rings. The molecule has 0 aromatic carbocycles. The Balaban J connectivity index is 1.84. The van der Waals surface area contributed by atoms with Gasteiger partial charge in [0.05, 0.1) is 6.04 Å². The van der Waals surface area contributed by atoms with Crippen LogP contribution in [-0.2, 0) is 0 Å². The van der Waals surface area contributed by atoms with Crippen LogP contribution in [0.4, 0.5) is 0 Å². The summed E-state index contributed by atoms with van der Waals surface area (Å²) in [6, 6.07) is 0.528. The molecule has 2 N–H and O–H groups in total. The van der Waals surface area contributed by atoms with Crippen molar-refractivity contribution in [1.82, 2.24) is 9.80 Å². The molecule has 2 rings (SSSR count). The summed E-state index contributed by atoms with van der Waals surface area (Å²) < 4.78 is 0. The van der Waals surface area contributed by atoms with Gasteiger partial charge in [0.1, 0.15) is 0 Å². The lowest BCUT2D eigenvalue weighted by Crippen LogP contribution is -2.56. The first-order valence-corrected chi connectivity index (χ1v) is 6.30. The van der Waals surface area contributed by atoms with Gasteiger partial charge in [-0.05, 0) is 33.6 Å². The molecule has 0 aromatic heterocycles. The molecule has 0 atom stereocenters. The van der Waals surface area contributed by atoms with Crippen LogP contribution in [0.3, 0.4) is 0 Å². The van der Waals surface area contributed by atoms with Crippen LogP contribution < -0.4 is 5.73 Å². The minimum Gasteiger partial charge on any atom is -0.370 e. The van der Waals surface area contributed by atoms with Crippen molar-refractivity contribution in [3.05, 3.63) is 0 Å². The summed E-state index contributed by atoms with van der Waals surface area (Å²) in [6.07, 6.45) is 2.45.